The third-order valence-corrected chi connectivity index (χ3v) is 2.66. The standard InChI is InChI=1S/C12H13N5S/c1-17(7-9-4-2-3-5-15-9)12-10(11(13)18)6-14-8-16-12/h2-6,8H,7H2,1H3,(H2,13,18). The van der Waals surface area contributed by atoms with Crippen LogP contribution in [0.4, 0.5) is 5.82 Å². The summed E-state index contributed by atoms with van der Waals surface area (Å²) in [4.78, 5) is 14.7. The molecule has 0 spiro atoms. The molecule has 2 aromatic heterocycles. The van der Waals surface area contributed by atoms with Gasteiger partial charge in [-0.15, -0.1) is 0 Å². The van der Waals surface area contributed by atoms with Gasteiger partial charge in [-0.2, -0.15) is 0 Å². The van der Waals surface area contributed by atoms with Gasteiger partial charge in [0.1, 0.15) is 17.1 Å². The first-order valence-electron chi connectivity index (χ1n) is 5.39. The predicted molar refractivity (Wildman–Crippen MR) is 74.3 cm³/mol. The molecule has 0 fully saturated rings. The van der Waals surface area contributed by atoms with E-state index in [9.17, 15) is 0 Å². The number of hydrogen-bond donors (Lipinski definition) is 1. The molecule has 0 saturated carbocycles. The average Bonchev–Trinajstić information content (AvgIpc) is 2.40. The Labute approximate surface area is 111 Å². The van der Waals surface area contributed by atoms with Crippen LogP contribution in [0.1, 0.15) is 11.3 Å². The average molecular weight is 259 g/mol. The van der Waals surface area contributed by atoms with Gasteiger partial charge in [-0.25, -0.2) is 9.97 Å². The second-order valence-electron chi connectivity index (χ2n) is 3.80. The predicted octanol–water partition coefficient (Wildman–Crippen LogP) is 1.14. The molecule has 0 saturated heterocycles. The van der Waals surface area contributed by atoms with E-state index in [1.165, 1.54) is 6.33 Å². The Balaban J connectivity index is 2.24. The summed E-state index contributed by atoms with van der Waals surface area (Å²) in [5, 5.41) is 0. The lowest BCUT2D eigenvalue weighted by Crippen LogP contribution is -2.23. The highest BCUT2D eigenvalue weighted by Gasteiger charge is 2.11. The van der Waals surface area contributed by atoms with Crippen molar-refractivity contribution in [1.82, 2.24) is 15.0 Å². The van der Waals surface area contributed by atoms with Crippen LogP contribution in [-0.2, 0) is 6.54 Å². The molecule has 0 bridgehead atoms. The van der Waals surface area contributed by atoms with E-state index in [0.29, 0.717) is 22.9 Å². The van der Waals surface area contributed by atoms with Gasteiger partial charge in [0.25, 0.3) is 0 Å². The summed E-state index contributed by atoms with van der Waals surface area (Å²) in [5.41, 5.74) is 7.28. The lowest BCUT2D eigenvalue weighted by molar-refractivity contribution is 0.859. The largest absolute Gasteiger partial charge is 0.389 e. The van der Waals surface area contributed by atoms with E-state index in [0.717, 1.165) is 5.69 Å². The zero-order chi connectivity index (χ0) is 13.0. The topological polar surface area (TPSA) is 67.9 Å². The number of aromatic nitrogens is 3. The Morgan fingerprint density at radius 2 is 2.22 bits per heavy atom. The number of thiocarbonyl (C=S) groups is 1. The first kappa shape index (κ1) is 12.4. The summed E-state index contributed by atoms with van der Waals surface area (Å²) in [5.74, 6) is 0.711. The van der Waals surface area contributed by atoms with Gasteiger partial charge in [0, 0.05) is 19.4 Å². The van der Waals surface area contributed by atoms with Crippen LogP contribution in [-0.4, -0.2) is 27.0 Å². The van der Waals surface area contributed by atoms with Gasteiger partial charge in [-0.1, -0.05) is 18.3 Å². The lowest BCUT2D eigenvalue weighted by Gasteiger charge is -2.19. The molecular weight excluding hydrogens is 246 g/mol. The molecule has 0 radical (unpaired) electrons. The maximum absolute atomic E-state index is 5.65. The van der Waals surface area contributed by atoms with Crippen LogP contribution in [0.2, 0.25) is 0 Å². The molecule has 0 amide bonds. The van der Waals surface area contributed by atoms with E-state index < -0.39 is 0 Å². The Bertz CT molecular complexity index is 543. The fraction of sp³-hybridized carbons (Fsp3) is 0.167. The molecule has 0 aromatic carbocycles. The number of rotatable bonds is 4. The van der Waals surface area contributed by atoms with E-state index in [1.54, 1.807) is 12.4 Å². The normalized spacial score (nSPS) is 10.1. The third-order valence-electron chi connectivity index (χ3n) is 2.44. The van der Waals surface area contributed by atoms with E-state index >= 15 is 0 Å². The van der Waals surface area contributed by atoms with Crippen molar-refractivity contribution >= 4 is 23.0 Å². The molecule has 0 aliphatic rings. The van der Waals surface area contributed by atoms with Crippen molar-refractivity contribution in [1.29, 1.82) is 0 Å². The molecule has 0 aliphatic carbocycles. The van der Waals surface area contributed by atoms with Crippen molar-refractivity contribution < 1.29 is 0 Å². The molecule has 2 N–H and O–H groups in total. The van der Waals surface area contributed by atoms with Crippen LogP contribution in [0, 0.1) is 0 Å². The maximum atomic E-state index is 5.65. The van der Waals surface area contributed by atoms with Crippen molar-refractivity contribution in [2.45, 2.75) is 6.54 Å². The molecule has 92 valence electrons. The van der Waals surface area contributed by atoms with Crippen molar-refractivity contribution in [2.24, 2.45) is 5.73 Å². The van der Waals surface area contributed by atoms with E-state index in [4.69, 9.17) is 18.0 Å². The smallest absolute Gasteiger partial charge is 0.142 e. The minimum absolute atomic E-state index is 0.290. The SMILES string of the molecule is CN(Cc1ccccn1)c1ncncc1C(N)=S. The van der Waals surface area contributed by atoms with Crippen LogP contribution in [0.5, 0.6) is 0 Å². The molecule has 0 aliphatic heterocycles. The van der Waals surface area contributed by atoms with Gasteiger partial charge in [0.2, 0.25) is 0 Å². The second kappa shape index (κ2) is 5.50. The van der Waals surface area contributed by atoms with Crippen LogP contribution >= 0.6 is 12.2 Å². The van der Waals surface area contributed by atoms with Crippen LogP contribution in [0.15, 0.2) is 36.9 Å². The highest BCUT2D eigenvalue weighted by Crippen LogP contribution is 2.16. The van der Waals surface area contributed by atoms with Crippen molar-refractivity contribution in [3.8, 4) is 0 Å². The molecule has 0 atom stereocenters. The molecule has 5 nitrogen and oxygen atoms in total. The molecular formula is C12H13N5S. The summed E-state index contributed by atoms with van der Waals surface area (Å²) in [6.07, 6.45) is 4.86. The second-order valence-corrected chi connectivity index (χ2v) is 4.24. The number of hydrogen-bond acceptors (Lipinski definition) is 5. The van der Waals surface area contributed by atoms with E-state index in [1.807, 2.05) is 30.1 Å². The fourth-order valence-corrected chi connectivity index (χ4v) is 1.75. The minimum Gasteiger partial charge on any atom is -0.389 e. The first-order valence-corrected chi connectivity index (χ1v) is 5.80. The molecule has 18 heavy (non-hydrogen) atoms. The third kappa shape index (κ3) is 2.78. The van der Waals surface area contributed by atoms with Gasteiger partial charge >= 0.3 is 0 Å². The maximum Gasteiger partial charge on any atom is 0.142 e. The van der Waals surface area contributed by atoms with Gasteiger partial charge < -0.3 is 10.6 Å². The van der Waals surface area contributed by atoms with Crippen LogP contribution < -0.4 is 10.6 Å². The summed E-state index contributed by atoms with van der Waals surface area (Å²) in [6, 6.07) is 5.79. The Morgan fingerprint density at radius 3 is 2.89 bits per heavy atom. The molecule has 2 aromatic rings. The van der Waals surface area contributed by atoms with Crippen molar-refractivity contribution in [2.75, 3.05) is 11.9 Å². The number of pyridine rings is 1. The van der Waals surface area contributed by atoms with Gasteiger partial charge in [-0.05, 0) is 12.1 Å². The van der Waals surface area contributed by atoms with Crippen molar-refractivity contribution in [3.63, 3.8) is 0 Å². The Hall–Kier alpha value is -2.08. The molecule has 0 unspecified atom stereocenters. The van der Waals surface area contributed by atoms with Crippen LogP contribution in [0.3, 0.4) is 0 Å². The van der Waals surface area contributed by atoms with Crippen molar-refractivity contribution in [3.05, 3.63) is 48.2 Å². The summed E-state index contributed by atoms with van der Waals surface area (Å²) < 4.78 is 0. The van der Waals surface area contributed by atoms with Gasteiger partial charge in [0.05, 0.1) is 17.8 Å². The summed E-state index contributed by atoms with van der Waals surface area (Å²) in [7, 11) is 1.92. The number of nitrogens with two attached hydrogens (primary N) is 1. The van der Waals surface area contributed by atoms with Crippen LogP contribution in [0.25, 0.3) is 0 Å². The first-order chi connectivity index (χ1) is 8.68. The van der Waals surface area contributed by atoms with E-state index in [-0.39, 0.29) is 0 Å². The molecule has 6 heteroatoms. The molecule has 2 rings (SSSR count). The highest BCUT2D eigenvalue weighted by molar-refractivity contribution is 7.80. The summed E-state index contributed by atoms with van der Waals surface area (Å²) >= 11 is 4.99. The zero-order valence-electron chi connectivity index (χ0n) is 9.95. The lowest BCUT2D eigenvalue weighted by atomic mass is 10.2. The minimum atomic E-state index is 0.290. The number of nitrogens with zero attached hydrogens (tertiary/aromatic N) is 4. The Kier molecular flexibility index (Phi) is 3.78. The van der Waals surface area contributed by atoms with Gasteiger partial charge in [-0.3, -0.25) is 4.98 Å². The zero-order valence-corrected chi connectivity index (χ0v) is 10.8. The Morgan fingerprint density at radius 1 is 1.39 bits per heavy atom. The monoisotopic (exact) mass is 259 g/mol. The summed E-state index contributed by atoms with van der Waals surface area (Å²) in [6.45, 7) is 0.632. The quantitative estimate of drug-likeness (QED) is 0.831. The fourth-order valence-electron chi connectivity index (χ4n) is 1.61. The van der Waals surface area contributed by atoms with Gasteiger partial charge in [0.15, 0.2) is 0 Å². The molecule has 2 heterocycles. The highest BCUT2D eigenvalue weighted by atomic mass is 32.1. The van der Waals surface area contributed by atoms with E-state index in [2.05, 4.69) is 15.0 Å². The number of anilines is 1.